The van der Waals surface area contributed by atoms with Crippen molar-refractivity contribution in [1.82, 2.24) is 15.0 Å². The van der Waals surface area contributed by atoms with Gasteiger partial charge < -0.3 is 10.1 Å². The van der Waals surface area contributed by atoms with Crippen molar-refractivity contribution >= 4 is 22.6 Å². The third-order valence-electron chi connectivity index (χ3n) is 3.34. The van der Waals surface area contributed by atoms with Crippen molar-refractivity contribution in [3.8, 4) is 11.4 Å². The van der Waals surface area contributed by atoms with Gasteiger partial charge in [-0.15, -0.1) is 5.11 Å². The maximum atomic E-state index is 11.3. The molecule has 2 aromatic heterocycles. The number of benzene rings is 1. The number of carbonyl (C=O) groups is 1. The van der Waals surface area contributed by atoms with Gasteiger partial charge in [0.05, 0.1) is 11.2 Å². The summed E-state index contributed by atoms with van der Waals surface area (Å²) in [7, 11) is 0. The van der Waals surface area contributed by atoms with Gasteiger partial charge in [-0.3, -0.25) is 4.79 Å². The number of imidazole rings is 1. The number of carbonyl (C=O) groups excluding carboxylic acids is 1. The molecule has 0 fully saturated rings. The van der Waals surface area contributed by atoms with Crippen LogP contribution in [0.1, 0.15) is 13.8 Å². The number of hydrogen-bond donors (Lipinski definition) is 2. The Hall–Kier alpha value is -3.35. The predicted molar refractivity (Wildman–Crippen MR) is 89.9 cm³/mol. The summed E-state index contributed by atoms with van der Waals surface area (Å²) in [4.78, 5) is 23.2. The number of aromatic amines is 1. The van der Waals surface area contributed by atoms with Crippen LogP contribution in [0.5, 0.6) is 0 Å². The van der Waals surface area contributed by atoms with Crippen LogP contribution >= 0.6 is 0 Å². The smallest absolute Gasteiger partial charge is 0.183 e. The van der Waals surface area contributed by atoms with Crippen LogP contribution in [0.15, 0.2) is 64.3 Å². The van der Waals surface area contributed by atoms with E-state index in [0.29, 0.717) is 17.2 Å². The first-order chi connectivity index (χ1) is 11.5. The van der Waals surface area contributed by atoms with Crippen molar-refractivity contribution in [2.24, 2.45) is 10.2 Å². The van der Waals surface area contributed by atoms with Gasteiger partial charge in [-0.25, -0.2) is 9.97 Å². The lowest BCUT2D eigenvalue weighted by Gasteiger charge is -1.99. The van der Waals surface area contributed by atoms with Crippen molar-refractivity contribution in [3.63, 3.8) is 0 Å². The molecule has 0 saturated heterocycles. The molecular weight excluding hydrogens is 306 g/mol. The van der Waals surface area contributed by atoms with E-state index in [4.69, 9.17) is 0 Å². The summed E-state index contributed by atoms with van der Waals surface area (Å²) in [6.07, 6.45) is 1.69. The normalized spacial score (nSPS) is 12.6. The molecule has 0 aliphatic heterocycles. The topological polar surface area (TPSA) is 104 Å². The number of aliphatic hydroxyl groups excluding tert-OH is 1. The monoisotopic (exact) mass is 321 g/mol. The molecule has 0 amide bonds. The molecule has 3 rings (SSSR count). The molecule has 3 aromatic rings. The van der Waals surface area contributed by atoms with Crippen LogP contribution in [0.2, 0.25) is 0 Å². The van der Waals surface area contributed by atoms with Crippen LogP contribution in [0, 0.1) is 0 Å². The molecule has 0 unspecified atom stereocenters. The summed E-state index contributed by atoms with van der Waals surface area (Å²) >= 11 is 0. The largest absolute Gasteiger partial charge is 0.510 e. The van der Waals surface area contributed by atoms with Gasteiger partial charge in [0.1, 0.15) is 11.6 Å². The van der Waals surface area contributed by atoms with Crippen molar-refractivity contribution < 1.29 is 9.90 Å². The van der Waals surface area contributed by atoms with Crippen molar-refractivity contribution in [2.75, 3.05) is 0 Å². The number of rotatable bonds is 4. The second-order valence-corrected chi connectivity index (χ2v) is 5.20. The average molecular weight is 321 g/mol. The number of aliphatic hydroxyl groups is 1. The lowest BCUT2D eigenvalue weighted by molar-refractivity contribution is -0.113. The molecule has 120 valence electrons. The number of pyridine rings is 1. The van der Waals surface area contributed by atoms with Crippen LogP contribution in [-0.2, 0) is 4.79 Å². The zero-order valence-electron chi connectivity index (χ0n) is 13.2. The van der Waals surface area contributed by atoms with E-state index in [2.05, 4.69) is 25.2 Å². The zero-order valence-corrected chi connectivity index (χ0v) is 13.2. The highest BCUT2D eigenvalue weighted by Crippen LogP contribution is 2.23. The quantitative estimate of drug-likeness (QED) is 0.429. The lowest BCUT2D eigenvalue weighted by atomic mass is 10.2. The predicted octanol–water partition coefficient (Wildman–Crippen LogP) is 4.09. The Kier molecular flexibility index (Phi) is 4.15. The molecule has 0 saturated carbocycles. The number of azo groups is 1. The first-order valence-corrected chi connectivity index (χ1v) is 7.28. The molecule has 7 heteroatoms. The van der Waals surface area contributed by atoms with Crippen LogP contribution in [-0.4, -0.2) is 25.8 Å². The minimum absolute atomic E-state index is 0.0533. The van der Waals surface area contributed by atoms with Crippen LogP contribution in [0.3, 0.4) is 0 Å². The van der Waals surface area contributed by atoms with E-state index in [1.54, 1.807) is 18.3 Å². The van der Waals surface area contributed by atoms with Crippen molar-refractivity contribution in [3.05, 3.63) is 54.1 Å². The molecule has 24 heavy (non-hydrogen) atoms. The fraction of sp³-hybridized carbons (Fsp3) is 0.118. The minimum atomic E-state index is -0.342. The van der Waals surface area contributed by atoms with E-state index in [9.17, 15) is 9.90 Å². The van der Waals surface area contributed by atoms with E-state index in [1.807, 2.05) is 24.3 Å². The number of aromatic nitrogens is 3. The molecule has 0 radical (unpaired) electrons. The van der Waals surface area contributed by atoms with E-state index >= 15 is 0 Å². The summed E-state index contributed by atoms with van der Waals surface area (Å²) in [6, 6.07) is 10.9. The first kappa shape index (κ1) is 15.5. The van der Waals surface area contributed by atoms with E-state index < -0.39 is 0 Å². The molecule has 1 aromatic carbocycles. The van der Waals surface area contributed by atoms with E-state index in [1.165, 1.54) is 13.8 Å². The average Bonchev–Trinajstić information content (AvgIpc) is 2.99. The maximum Gasteiger partial charge on any atom is 0.183 e. The van der Waals surface area contributed by atoms with Gasteiger partial charge in [0.25, 0.3) is 0 Å². The van der Waals surface area contributed by atoms with Crippen LogP contribution in [0.4, 0.5) is 5.69 Å². The number of H-pyrrole nitrogens is 1. The van der Waals surface area contributed by atoms with Crippen molar-refractivity contribution in [2.45, 2.75) is 13.8 Å². The van der Waals surface area contributed by atoms with Gasteiger partial charge in [0.15, 0.2) is 17.1 Å². The summed E-state index contributed by atoms with van der Waals surface area (Å²) in [5.41, 5.74) is 2.92. The molecule has 0 atom stereocenters. The zero-order chi connectivity index (χ0) is 17.1. The number of hydrogen-bond acceptors (Lipinski definition) is 6. The van der Waals surface area contributed by atoms with Gasteiger partial charge >= 0.3 is 0 Å². The summed E-state index contributed by atoms with van der Waals surface area (Å²) in [5, 5.41) is 17.2. The summed E-state index contributed by atoms with van der Waals surface area (Å²) in [5.74, 6) is 0.213. The number of allylic oxidation sites excluding steroid dienone is 2. The third kappa shape index (κ3) is 3.19. The SMILES string of the molecule is CC(=O)C(N=Nc1ccc(-c2nc3ncccc3[nH]2)cc1)=C(C)O. The summed E-state index contributed by atoms with van der Waals surface area (Å²) in [6.45, 7) is 2.72. The van der Waals surface area contributed by atoms with Gasteiger partial charge in [0.2, 0.25) is 0 Å². The molecule has 7 nitrogen and oxygen atoms in total. The molecular formula is C17H15N5O2. The number of fused-ring (bicyclic) bond motifs is 1. The number of nitrogens with zero attached hydrogens (tertiary/aromatic N) is 4. The molecule has 0 spiro atoms. The lowest BCUT2D eigenvalue weighted by Crippen LogP contribution is -1.96. The fourth-order valence-corrected chi connectivity index (χ4v) is 2.17. The fourth-order valence-electron chi connectivity index (χ4n) is 2.17. The van der Waals surface area contributed by atoms with Gasteiger partial charge in [-0.2, -0.15) is 5.11 Å². The van der Waals surface area contributed by atoms with E-state index in [-0.39, 0.29) is 17.2 Å². The molecule has 0 bridgehead atoms. The Bertz CT molecular complexity index is 918. The third-order valence-corrected chi connectivity index (χ3v) is 3.34. The molecule has 2 N–H and O–H groups in total. The van der Waals surface area contributed by atoms with Crippen LogP contribution in [0.25, 0.3) is 22.6 Å². The second kappa shape index (κ2) is 6.41. The molecule has 2 heterocycles. The first-order valence-electron chi connectivity index (χ1n) is 7.28. The number of Topliss-reactive ketones (excluding diaryl/α,β-unsaturated/α-hetero) is 1. The van der Waals surface area contributed by atoms with Gasteiger partial charge in [0, 0.05) is 18.7 Å². The van der Waals surface area contributed by atoms with Crippen LogP contribution < -0.4 is 0 Å². The maximum absolute atomic E-state index is 11.3. The Morgan fingerprint density at radius 2 is 1.92 bits per heavy atom. The highest BCUT2D eigenvalue weighted by Gasteiger charge is 2.07. The second-order valence-electron chi connectivity index (χ2n) is 5.20. The Labute approximate surface area is 137 Å². The van der Waals surface area contributed by atoms with Crippen molar-refractivity contribution in [1.29, 1.82) is 0 Å². The molecule has 0 aliphatic rings. The molecule has 0 aliphatic carbocycles. The minimum Gasteiger partial charge on any atom is -0.510 e. The van der Waals surface area contributed by atoms with Gasteiger partial charge in [-0.1, -0.05) is 0 Å². The van der Waals surface area contributed by atoms with Gasteiger partial charge in [-0.05, 0) is 43.3 Å². The number of ketones is 1. The standard InChI is InChI=1S/C17H15N5O2/c1-10(23)15(11(2)24)22-21-13-7-5-12(6-8-13)16-19-14-4-3-9-18-17(14)20-16/h3-9,23H,1-2H3,(H,18,19,20). The van der Waals surface area contributed by atoms with E-state index in [0.717, 1.165) is 11.1 Å². The Balaban J connectivity index is 1.85. The Morgan fingerprint density at radius 1 is 1.17 bits per heavy atom. The summed E-state index contributed by atoms with van der Waals surface area (Å²) < 4.78 is 0. The Morgan fingerprint density at radius 3 is 2.54 bits per heavy atom. The highest BCUT2D eigenvalue weighted by atomic mass is 16.3. The number of nitrogens with one attached hydrogen (secondary N) is 1. The highest BCUT2D eigenvalue weighted by molar-refractivity contribution is 5.93.